The summed E-state index contributed by atoms with van der Waals surface area (Å²) >= 11 is 0. The Hall–Kier alpha value is -1.55. The van der Waals surface area contributed by atoms with E-state index in [1.54, 1.807) is 0 Å². The lowest BCUT2D eigenvalue weighted by Crippen LogP contribution is -2.36. The third-order valence-corrected chi connectivity index (χ3v) is 4.84. The number of fused-ring (bicyclic) bond motifs is 2. The molecule has 100 valence electrons. The van der Waals surface area contributed by atoms with Crippen molar-refractivity contribution in [3.05, 3.63) is 30.6 Å². The molecule has 19 heavy (non-hydrogen) atoms. The fourth-order valence-electron chi connectivity index (χ4n) is 3.98. The Balaban J connectivity index is 1.77. The molecule has 2 aliphatic heterocycles. The Morgan fingerprint density at radius 1 is 1.37 bits per heavy atom. The van der Waals surface area contributed by atoms with E-state index in [0.29, 0.717) is 6.04 Å². The van der Waals surface area contributed by atoms with Crippen LogP contribution in [-0.4, -0.2) is 35.1 Å². The van der Waals surface area contributed by atoms with Crippen LogP contribution in [0.25, 0.3) is 5.65 Å². The minimum Gasteiger partial charge on any atom is -0.354 e. The normalized spacial score (nSPS) is 30.2. The molecule has 2 saturated heterocycles. The van der Waals surface area contributed by atoms with Gasteiger partial charge in [0.15, 0.2) is 0 Å². The highest BCUT2D eigenvalue weighted by Gasteiger charge is 2.43. The van der Waals surface area contributed by atoms with Crippen LogP contribution in [0, 0.1) is 11.8 Å². The van der Waals surface area contributed by atoms with Crippen LogP contribution in [0.4, 0.5) is 5.82 Å². The fourth-order valence-corrected chi connectivity index (χ4v) is 3.98. The van der Waals surface area contributed by atoms with Crippen molar-refractivity contribution in [3.8, 4) is 0 Å². The third-order valence-electron chi connectivity index (χ3n) is 4.84. The van der Waals surface area contributed by atoms with E-state index in [1.165, 1.54) is 31.9 Å². The van der Waals surface area contributed by atoms with Gasteiger partial charge in [0.25, 0.3) is 0 Å². The van der Waals surface area contributed by atoms with E-state index in [9.17, 15) is 0 Å². The Bertz CT molecular complexity index is 591. The molecule has 4 heteroatoms. The summed E-state index contributed by atoms with van der Waals surface area (Å²) in [4.78, 5) is 7.00. The first-order valence-electron chi connectivity index (χ1n) is 7.28. The molecule has 0 aliphatic carbocycles. The molecule has 2 aliphatic rings. The predicted molar refractivity (Wildman–Crippen MR) is 76.5 cm³/mol. The number of hydrogen-bond donors (Lipinski definition) is 1. The van der Waals surface area contributed by atoms with Crippen LogP contribution >= 0.6 is 0 Å². The zero-order valence-electron chi connectivity index (χ0n) is 11.3. The van der Waals surface area contributed by atoms with Crippen molar-refractivity contribution >= 4 is 11.5 Å². The molecule has 4 nitrogen and oxygen atoms in total. The van der Waals surface area contributed by atoms with Crippen LogP contribution in [0.3, 0.4) is 0 Å². The van der Waals surface area contributed by atoms with Gasteiger partial charge in [0, 0.05) is 38.1 Å². The van der Waals surface area contributed by atoms with Gasteiger partial charge in [0.05, 0.1) is 0 Å². The monoisotopic (exact) mass is 256 g/mol. The van der Waals surface area contributed by atoms with Crippen molar-refractivity contribution in [1.82, 2.24) is 14.7 Å². The quantitative estimate of drug-likeness (QED) is 0.889. The molecule has 4 heterocycles. The van der Waals surface area contributed by atoms with Crippen molar-refractivity contribution in [2.75, 3.05) is 24.5 Å². The lowest BCUT2D eigenvalue weighted by Gasteiger charge is -2.29. The van der Waals surface area contributed by atoms with E-state index in [0.717, 1.165) is 17.5 Å². The Kier molecular flexibility index (Phi) is 2.52. The maximum atomic E-state index is 4.40. The summed E-state index contributed by atoms with van der Waals surface area (Å²) in [7, 11) is 0. The summed E-state index contributed by atoms with van der Waals surface area (Å²) in [5.41, 5.74) is 1.04. The molecule has 2 fully saturated rings. The lowest BCUT2D eigenvalue weighted by atomic mass is 9.93. The maximum Gasteiger partial charge on any atom is 0.138 e. The van der Waals surface area contributed by atoms with E-state index >= 15 is 0 Å². The van der Waals surface area contributed by atoms with E-state index in [-0.39, 0.29) is 0 Å². The van der Waals surface area contributed by atoms with Gasteiger partial charge in [-0.3, -0.25) is 4.40 Å². The zero-order valence-corrected chi connectivity index (χ0v) is 11.3. The van der Waals surface area contributed by atoms with Crippen LogP contribution in [0.1, 0.15) is 13.3 Å². The van der Waals surface area contributed by atoms with Gasteiger partial charge in [-0.05, 0) is 30.4 Å². The summed E-state index contributed by atoms with van der Waals surface area (Å²) in [6.07, 6.45) is 5.18. The van der Waals surface area contributed by atoms with Gasteiger partial charge in [-0.15, -0.1) is 0 Å². The van der Waals surface area contributed by atoms with E-state index in [4.69, 9.17) is 0 Å². The number of pyridine rings is 1. The molecule has 3 unspecified atom stereocenters. The van der Waals surface area contributed by atoms with Crippen molar-refractivity contribution in [2.45, 2.75) is 19.4 Å². The first kappa shape index (κ1) is 11.3. The average Bonchev–Trinajstić information content (AvgIpc) is 3.12. The fraction of sp³-hybridized carbons (Fsp3) is 0.533. The van der Waals surface area contributed by atoms with Crippen LogP contribution in [0.5, 0.6) is 0 Å². The molecule has 1 N–H and O–H groups in total. The first-order chi connectivity index (χ1) is 9.38. The second-order valence-corrected chi connectivity index (χ2v) is 5.75. The largest absolute Gasteiger partial charge is 0.354 e. The summed E-state index contributed by atoms with van der Waals surface area (Å²) in [6, 6.07) is 7.08. The molecular weight excluding hydrogens is 236 g/mol. The van der Waals surface area contributed by atoms with E-state index < -0.39 is 0 Å². The summed E-state index contributed by atoms with van der Waals surface area (Å²) in [6.45, 7) is 5.84. The molecular formula is C15H20N4. The van der Waals surface area contributed by atoms with E-state index in [1.807, 2.05) is 6.20 Å². The highest BCUT2D eigenvalue weighted by molar-refractivity contribution is 5.53. The number of hydrogen-bond acceptors (Lipinski definition) is 3. The highest BCUT2D eigenvalue weighted by atomic mass is 15.3. The molecule has 0 amide bonds. The van der Waals surface area contributed by atoms with Gasteiger partial charge in [0.2, 0.25) is 0 Å². The van der Waals surface area contributed by atoms with Gasteiger partial charge in [-0.2, -0.15) is 0 Å². The van der Waals surface area contributed by atoms with Crippen molar-refractivity contribution in [2.24, 2.45) is 11.8 Å². The summed E-state index contributed by atoms with van der Waals surface area (Å²) in [5, 5.41) is 3.55. The Morgan fingerprint density at radius 2 is 2.32 bits per heavy atom. The van der Waals surface area contributed by atoms with Crippen LogP contribution < -0.4 is 10.2 Å². The molecule has 0 spiro atoms. The van der Waals surface area contributed by atoms with Gasteiger partial charge in [0.1, 0.15) is 11.5 Å². The van der Waals surface area contributed by atoms with Gasteiger partial charge in [-0.25, -0.2) is 4.98 Å². The smallest absolute Gasteiger partial charge is 0.138 e. The molecule has 4 rings (SSSR count). The first-order valence-corrected chi connectivity index (χ1v) is 7.28. The second kappa shape index (κ2) is 4.23. The molecule has 2 aromatic heterocycles. The summed E-state index contributed by atoms with van der Waals surface area (Å²) < 4.78 is 2.22. The number of aromatic nitrogens is 2. The molecule has 0 bridgehead atoms. The van der Waals surface area contributed by atoms with Crippen molar-refractivity contribution in [1.29, 1.82) is 0 Å². The van der Waals surface area contributed by atoms with Crippen LogP contribution in [-0.2, 0) is 0 Å². The predicted octanol–water partition coefficient (Wildman–Crippen LogP) is 1.77. The Labute approximate surface area is 113 Å². The standard InChI is InChI=1S/C15H20N4/c1-2-13-12-9-16-8-11(12)10-19(13)15-5-3-4-14-17-6-7-18(14)15/h3-7,11-13,16H,2,8-10H2,1H3. The van der Waals surface area contributed by atoms with Crippen molar-refractivity contribution in [3.63, 3.8) is 0 Å². The molecule has 0 aromatic carbocycles. The Morgan fingerprint density at radius 3 is 3.21 bits per heavy atom. The van der Waals surface area contributed by atoms with Gasteiger partial charge < -0.3 is 10.2 Å². The molecule has 0 radical (unpaired) electrons. The van der Waals surface area contributed by atoms with E-state index in [2.05, 4.69) is 50.9 Å². The topological polar surface area (TPSA) is 32.6 Å². The number of nitrogens with one attached hydrogen (secondary N) is 1. The number of rotatable bonds is 2. The minimum atomic E-state index is 0.660. The second-order valence-electron chi connectivity index (χ2n) is 5.75. The zero-order chi connectivity index (χ0) is 12.8. The number of imidazole rings is 1. The number of anilines is 1. The van der Waals surface area contributed by atoms with Gasteiger partial charge in [-0.1, -0.05) is 13.0 Å². The van der Waals surface area contributed by atoms with Crippen molar-refractivity contribution < 1.29 is 0 Å². The molecule has 0 saturated carbocycles. The summed E-state index contributed by atoms with van der Waals surface area (Å²) in [5.74, 6) is 2.92. The number of nitrogens with zero attached hydrogens (tertiary/aromatic N) is 3. The minimum absolute atomic E-state index is 0.660. The molecule has 3 atom stereocenters. The highest BCUT2D eigenvalue weighted by Crippen LogP contribution is 2.37. The average molecular weight is 256 g/mol. The van der Waals surface area contributed by atoms with Crippen LogP contribution in [0.2, 0.25) is 0 Å². The van der Waals surface area contributed by atoms with Crippen LogP contribution in [0.15, 0.2) is 30.6 Å². The third kappa shape index (κ3) is 1.59. The SMILES string of the molecule is CCC1C2CNCC2CN1c1cccc2nccn12. The van der Waals surface area contributed by atoms with Gasteiger partial charge >= 0.3 is 0 Å². The lowest BCUT2D eigenvalue weighted by molar-refractivity contribution is 0.441. The molecule has 2 aromatic rings. The maximum absolute atomic E-state index is 4.40.